The number of pyridine rings is 1. The Bertz CT molecular complexity index is 1410. The molecular weight excluding hydrogens is 414 g/mol. The molecule has 0 saturated heterocycles. The molecule has 2 N–H and O–H groups in total. The minimum absolute atomic E-state index is 0.434. The molecule has 2 aromatic carbocycles. The van der Waals surface area contributed by atoms with Crippen LogP contribution in [0.2, 0.25) is 0 Å². The lowest BCUT2D eigenvalue weighted by atomic mass is 10.1. The number of ether oxygens (including phenoxy) is 1. The van der Waals surface area contributed by atoms with Crippen LogP contribution in [0.25, 0.3) is 27.6 Å². The van der Waals surface area contributed by atoms with Gasteiger partial charge in [0.2, 0.25) is 0 Å². The van der Waals surface area contributed by atoms with E-state index in [1.54, 1.807) is 13.3 Å². The van der Waals surface area contributed by atoms with Crippen LogP contribution in [0.1, 0.15) is 18.3 Å². The minimum Gasteiger partial charge on any atom is -0.497 e. The van der Waals surface area contributed by atoms with Crippen LogP contribution in [-0.2, 0) is 13.1 Å². The summed E-state index contributed by atoms with van der Waals surface area (Å²) < 4.78 is 9.40. The van der Waals surface area contributed by atoms with Crippen LogP contribution in [0.15, 0.2) is 60.9 Å². The minimum atomic E-state index is 0.434. The van der Waals surface area contributed by atoms with Crippen LogP contribution in [0, 0.1) is 0 Å². The van der Waals surface area contributed by atoms with Gasteiger partial charge in [-0.2, -0.15) is 5.10 Å². The largest absolute Gasteiger partial charge is 0.497 e. The Labute approximate surface area is 192 Å². The highest BCUT2D eigenvalue weighted by Gasteiger charge is 2.19. The second-order valence-corrected chi connectivity index (χ2v) is 8.14. The Kier molecular flexibility index (Phi) is 5.43. The van der Waals surface area contributed by atoms with E-state index >= 15 is 0 Å². The lowest BCUT2D eigenvalue weighted by Gasteiger charge is -2.16. The average Bonchev–Trinajstić information content (AvgIpc) is 3.49. The normalized spacial score (nSPS) is 11.6. The topological polar surface area (TPSA) is 87.0 Å². The zero-order valence-electron chi connectivity index (χ0n) is 19.1. The van der Waals surface area contributed by atoms with Gasteiger partial charge < -0.3 is 15.0 Å². The van der Waals surface area contributed by atoms with Gasteiger partial charge in [0.15, 0.2) is 5.82 Å². The smallest absolute Gasteiger partial charge is 0.152 e. The third kappa shape index (κ3) is 3.89. The average molecular weight is 442 g/mol. The second kappa shape index (κ2) is 8.55. The predicted octanol–water partition coefficient (Wildman–Crippen LogP) is 3.86. The van der Waals surface area contributed by atoms with Crippen molar-refractivity contribution in [1.82, 2.24) is 29.2 Å². The van der Waals surface area contributed by atoms with Crippen molar-refractivity contribution in [3.8, 4) is 11.4 Å². The fraction of sp³-hybridized carbons (Fsp3) is 0.240. The lowest BCUT2D eigenvalue weighted by molar-refractivity contribution is 0.332. The first-order valence-corrected chi connectivity index (χ1v) is 11.0. The van der Waals surface area contributed by atoms with Gasteiger partial charge in [-0.05, 0) is 55.6 Å². The summed E-state index contributed by atoms with van der Waals surface area (Å²) in [6, 6.07) is 16.2. The van der Waals surface area contributed by atoms with Gasteiger partial charge in [-0.3, -0.25) is 4.90 Å². The zero-order chi connectivity index (χ0) is 22.9. The van der Waals surface area contributed by atoms with E-state index in [0.29, 0.717) is 18.9 Å². The summed E-state index contributed by atoms with van der Waals surface area (Å²) in [6.45, 7) is 4.45. The highest BCUT2D eigenvalue weighted by atomic mass is 16.5. The van der Waals surface area contributed by atoms with Crippen LogP contribution in [-0.4, -0.2) is 49.9 Å². The van der Waals surface area contributed by atoms with Gasteiger partial charge in [0.1, 0.15) is 17.1 Å². The van der Waals surface area contributed by atoms with E-state index < -0.39 is 0 Å². The number of imidazole rings is 1. The Balaban J connectivity index is 1.70. The molecule has 0 amide bonds. The van der Waals surface area contributed by atoms with Gasteiger partial charge in [0, 0.05) is 24.3 Å². The third-order valence-corrected chi connectivity index (χ3v) is 5.99. The monoisotopic (exact) mass is 441 g/mol. The molecule has 3 heterocycles. The summed E-state index contributed by atoms with van der Waals surface area (Å²) in [5, 5.41) is 5.35. The summed E-state index contributed by atoms with van der Waals surface area (Å²) in [4.78, 5) is 11.9. The van der Waals surface area contributed by atoms with Gasteiger partial charge in [-0.15, -0.1) is 0 Å². The van der Waals surface area contributed by atoms with Crippen LogP contribution < -0.4 is 10.5 Å². The maximum absolute atomic E-state index is 6.43. The molecule has 0 atom stereocenters. The van der Waals surface area contributed by atoms with E-state index in [0.717, 1.165) is 51.3 Å². The fourth-order valence-electron chi connectivity index (χ4n) is 4.07. The van der Waals surface area contributed by atoms with Crippen molar-refractivity contribution < 1.29 is 4.74 Å². The quantitative estimate of drug-likeness (QED) is 0.413. The Hall–Kier alpha value is -3.91. The van der Waals surface area contributed by atoms with Crippen LogP contribution in [0.5, 0.6) is 5.75 Å². The van der Waals surface area contributed by atoms with Crippen molar-refractivity contribution in [2.45, 2.75) is 20.0 Å². The summed E-state index contributed by atoms with van der Waals surface area (Å²) in [5.41, 5.74) is 11.1. The number of methoxy groups -OCH3 is 1. The number of hydrogen-bond donors (Lipinski definition) is 1. The SMILES string of the molecule is CCN(C)Cc1nc2c(N)nc3cc(-n4cccn4)ccc3c2n1Cc1ccc(OC)cc1. The molecular formula is C25H27N7O. The number of aromatic nitrogens is 5. The molecule has 0 saturated carbocycles. The van der Waals surface area contributed by atoms with E-state index in [4.69, 9.17) is 15.5 Å². The Morgan fingerprint density at radius 2 is 1.91 bits per heavy atom. The van der Waals surface area contributed by atoms with E-state index in [9.17, 15) is 0 Å². The standard InChI is InChI=1S/C25H27N7O/c1-4-30(2)16-22-29-23-24(31(22)15-17-6-9-19(33-3)10-7-17)20-11-8-18(32-13-5-12-27-32)14-21(20)28-25(23)26/h5-14H,4,15-16H2,1-3H3,(H2,26,28). The lowest BCUT2D eigenvalue weighted by Crippen LogP contribution is -2.20. The first kappa shape index (κ1) is 21.0. The zero-order valence-corrected chi connectivity index (χ0v) is 19.1. The van der Waals surface area contributed by atoms with Gasteiger partial charge in [0.05, 0.1) is 30.4 Å². The molecule has 0 aliphatic carbocycles. The van der Waals surface area contributed by atoms with Crippen molar-refractivity contribution in [2.24, 2.45) is 0 Å². The number of hydrogen-bond acceptors (Lipinski definition) is 6. The number of rotatable bonds is 7. The van der Waals surface area contributed by atoms with Crippen LogP contribution in [0.3, 0.4) is 0 Å². The molecule has 0 aliphatic heterocycles. The molecule has 0 radical (unpaired) electrons. The molecule has 5 rings (SSSR count). The van der Waals surface area contributed by atoms with E-state index in [1.807, 2.05) is 35.1 Å². The number of fused-ring (bicyclic) bond motifs is 3. The van der Waals surface area contributed by atoms with Crippen molar-refractivity contribution in [2.75, 3.05) is 26.4 Å². The Morgan fingerprint density at radius 3 is 2.61 bits per heavy atom. The number of nitrogen functional groups attached to an aromatic ring is 1. The number of anilines is 1. The van der Waals surface area contributed by atoms with Crippen molar-refractivity contribution in [3.63, 3.8) is 0 Å². The summed E-state index contributed by atoms with van der Waals surface area (Å²) >= 11 is 0. The molecule has 0 aliphatic rings. The number of nitrogens with zero attached hydrogens (tertiary/aromatic N) is 6. The molecule has 8 heteroatoms. The van der Waals surface area contributed by atoms with Gasteiger partial charge in [0.25, 0.3) is 0 Å². The predicted molar refractivity (Wildman–Crippen MR) is 131 cm³/mol. The molecule has 0 fully saturated rings. The highest BCUT2D eigenvalue weighted by Crippen LogP contribution is 2.31. The summed E-state index contributed by atoms with van der Waals surface area (Å²) in [7, 11) is 3.77. The van der Waals surface area contributed by atoms with Crippen molar-refractivity contribution in [1.29, 1.82) is 0 Å². The molecule has 33 heavy (non-hydrogen) atoms. The van der Waals surface area contributed by atoms with Gasteiger partial charge >= 0.3 is 0 Å². The molecule has 0 spiro atoms. The van der Waals surface area contributed by atoms with Gasteiger partial charge in [-0.25, -0.2) is 14.6 Å². The summed E-state index contributed by atoms with van der Waals surface area (Å²) in [5.74, 6) is 2.23. The maximum atomic E-state index is 6.43. The Morgan fingerprint density at radius 1 is 1.09 bits per heavy atom. The second-order valence-electron chi connectivity index (χ2n) is 8.14. The first-order chi connectivity index (χ1) is 16.1. The molecule has 168 valence electrons. The van der Waals surface area contributed by atoms with Gasteiger partial charge in [-0.1, -0.05) is 19.1 Å². The van der Waals surface area contributed by atoms with Crippen LogP contribution >= 0.6 is 0 Å². The summed E-state index contributed by atoms with van der Waals surface area (Å²) in [6.07, 6.45) is 3.67. The first-order valence-electron chi connectivity index (χ1n) is 11.0. The number of benzene rings is 2. The van der Waals surface area contributed by atoms with Crippen molar-refractivity contribution in [3.05, 3.63) is 72.3 Å². The fourth-order valence-corrected chi connectivity index (χ4v) is 4.07. The molecule has 5 aromatic rings. The molecule has 8 nitrogen and oxygen atoms in total. The van der Waals surface area contributed by atoms with E-state index in [2.05, 4.69) is 57.8 Å². The highest BCUT2D eigenvalue weighted by molar-refractivity contribution is 6.07. The van der Waals surface area contributed by atoms with E-state index in [1.165, 1.54) is 0 Å². The molecule has 0 bridgehead atoms. The number of nitrogens with two attached hydrogens (primary N) is 1. The van der Waals surface area contributed by atoms with Crippen molar-refractivity contribution >= 4 is 27.8 Å². The maximum Gasteiger partial charge on any atom is 0.152 e. The molecule has 3 aromatic heterocycles. The van der Waals surface area contributed by atoms with Crippen LogP contribution in [0.4, 0.5) is 5.82 Å². The van der Waals surface area contributed by atoms with E-state index in [-0.39, 0.29) is 0 Å². The third-order valence-electron chi connectivity index (χ3n) is 5.99. The molecule has 0 unspecified atom stereocenters.